The second kappa shape index (κ2) is 7.37. The Morgan fingerprint density at radius 3 is 2.61 bits per heavy atom. The molecule has 0 spiro atoms. The maximum Gasteiger partial charge on any atom is 0.113 e. The van der Waals surface area contributed by atoms with E-state index in [0.29, 0.717) is 13.0 Å². The Hall–Kier alpha value is -0.240. The monoisotopic (exact) mass is 263 g/mol. The van der Waals surface area contributed by atoms with Gasteiger partial charge in [0.1, 0.15) is 18.3 Å². The first-order valence-electron chi connectivity index (χ1n) is 6.43. The van der Waals surface area contributed by atoms with E-state index in [1.807, 2.05) is 13.8 Å². The van der Waals surface area contributed by atoms with Gasteiger partial charge in [-0.05, 0) is 13.3 Å². The van der Waals surface area contributed by atoms with E-state index in [-0.39, 0.29) is 18.8 Å². The average molecular weight is 263 g/mol. The molecule has 0 aromatic heterocycles. The van der Waals surface area contributed by atoms with Crippen molar-refractivity contribution in [2.24, 2.45) is 0 Å². The lowest BCUT2D eigenvalue weighted by Gasteiger charge is -2.43. The Morgan fingerprint density at radius 1 is 1.44 bits per heavy atom. The third kappa shape index (κ3) is 3.63. The maximum absolute atomic E-state index is 10.2. The molecule has 1 aliphatic heterocycles. The first kappa shape index (κ1) is 15.8. The van der Waals surface area contributed by atoms with Gasteiger partial charge in [-0.1, -0.05) is 6.92 Å². The minimum atomic E-state index is -0.778. The lowest BCUT2D eigenvalue weighted by molar-refractivity contribution is -0.199. The van der Waals surface area contributed by atoms with Crippen LogP contribution in [-0.4, -0.2) is 72.1 Å². The van der Waals surface area contributed by atoms with Crippen LogP contribution in [0.25, 0.3) is 0 Å². The third-order valence-corrected chi connectivity index (χ3v) is 3.48. The van der Waals surface area contributed by atoms with E-state index in [9.17, 15) is 15.3 Å². The second-order valence-corrected chi connectivity index (χ2v) is 4.75. The summed E-state index contributed by atoms with van der Waals surface area (Å²) in [5.41, 5.74) is 0. The Bertz CT molecular complexity index is 241. The van der Waals surface area contributed by atoms with Crippen LogP contribution in [0.1, 0.15) is 20.3 Å². The summed E-state index contributed by atoms with van der Waals surface area (Å²) in [6, 6.07) is -0.320. The number of ether oxygens (including phenoxy) is 2. The molecule has 1 saturated heterocycles. The zero-order chi connectivity index (χ0) is 13.7. The van der Waals surface area contributed by atoms with Gasteiger partial charge in [-0.25, -0.2) is 0 Å². The van der Waals surface area contributed by atoms with Gasteiger partial charge in [-0.2, -0.15) is 0 Å². The van der Waals surface area contributed by atoms with Crippen LogP contribution in [0.15, 0.2) is 0 Å². The van der Waals surface area contributed by atoms with Gasteiger partial charge in [0.2, 0.25) is 0 Å². The molecule has 0 radical (unpaired) electrons. The molecule has 0 saturated carbocycles. The number of rotatable bonds is 6. The Morgan fingerprint density at radius 2 is 2.11 bits per heavy atom. The molecule has 0 bridgehead atoms. The van der Waals surface area contributed by atoms with Gasteiger partial charge in [-0.15, -0.1) is 0 Å². The predicted molar refractivity (Wildman–Crippen MR) is 66.3 cm³/mol. The number of nitrogens with one attached hydrogen (secondary N) is 1. The first-order valence-corrected chi connectivity index (χ1v) is 6.43. The van der Waals surface area contributed by atoms with Crippen molar-refractivity contribution < 1.29 is 24.8 Å². The topological polar surface area (TPSA) is 91.2 Å². The molecule has 0 aromatic rings. The lowest BCUT2D eigenvalue weighted by Crippen LogP contribution is -2.63. The number of hydrogen-bond acceptors (Lipinski definition) is 6. The summed E-state index contributed by atoms with van der Waals surface area (Å²) in [4.78, 5) is 0. The normalized spacial score (nSPS) is 38.7. The summed E-state index contributed by atoms with van der Waals surface area (Å²) in [6.45, 7) is 3.92. The summed E-state index contributed by atoms with van der Waals surface area (Å²) in [5, 5.41) is 32.0. The molecule has 6 heteroatoms. The van der Waals surface area contributed by atoms with Crippen LogP contribution in [0.4, 0.5) is 0 Å². The molecule has 108 valence electrons. The van der Waals surface area contributed by atoms with Crippen molar-refractivity contribution in [1.82, 2.24) is 5.32 Å². The van der Waals surface area contributed by atoms with E-state index >= 15 is 0 Å². The fourth-order valence-corrected chi connectivity index (χ4v) is 2.28. The third-order valence-electron chi connectivity index (χ3n) is 3.48. The molecule has 4 N–H and O–H groups in total. The first-order chi connectivity index (χ1) is 8.54. The fraction of sp³-hybridized carbons (Fsp3) is 1.00. The standard InChI is InChI=1S/C12H25NO5/c1-4-8(15)5-13-10-7(2)18-9(6-14)12(17-3)11(10)16/h7-16H,4-6H2,1-3H3. The molecule has 0 amide bonds. The second-order valence-electron chi connectivity index (χ2n) is 4.75. The van der Waals surface area contributed by atoms with Crippen LogP contribution in [0, 0.1) is 0 Å². The van der Waals surface area contributed by atoms with Crippen LogP contribution < -0.4 is 5.32 Å². The molecule has 6 unspecified atom stereocenters. The molecule has 1 heterocycles. The summed E-state index contributed by atoms with van der Waals surface area (Å²) >= 11 is 0. The average Bonchev–Trinajstić information content (AvgIpc) is 2.37. The maximum atomic E-state index is 10.2. The summed E-state index contributed by atoms with van der Waals surface area (Å²) in [5.74, 6) is 0. The zero-order valence-electron chi connectivity index (χ0n) is 11.2. The van der Waals surface area contributed by atoms with Crippen LogP contribution in [0.5, 0.6) is 0 Å². The highest BCUT2D eigenvalue weighted by atomic mass is 16.6. The van der Waals surface area contributed by atoms with Gasteiger partial charge in [0, 0.05) is 13.7 Å². The molecule has 18 heavy (non-hydrogen) atoms. The van der Waals surface area contributed by atoms with Gasteiger partial charge < -0.3 is 30.1 Å². The molecule has 0 aliphatic carbocycles. The lowest BCUT2D eigenvalue weighted by atomic mass is 9.93. The quantitative estimate of drug-likeness (QED) is 0.485. The van der Waals surface area contributed by atoms with Crippen molar-refractivity contribution in [2.45, 2.75) is 56.8 Å². The van der Waals surface area contributed by atoms with Crippen molar-refractivity contribution in [3.8, 4) is 0 Å². The summed E-state index contributed by atoms with van der Waals surface area (Å²) in [7, 11) is 1.48. The van der Waals surface area contributed by atoms with Crippen LogP contribution in [0.2, 0.25) is 0 Å². The van der Waals surface area contributed by atoms with Crippen molar-refractivity contribution in [3.63, 3.8) is 0 Å². The van der Waals surface area contributed by atoms with Crippen molar-refractivity contribution >= 4 is 0 Å². The number of methoxy groups -OCH3 is 1. The van der Waals surface area contributed by atoms with Crippen molar-refractivity contribution in [3.05, 3.63) is 0 Å². The van der Waals surface area contributed by atoms with E-state index in [1.54, 1.807) is 0 Å². The molecule has 1 fully saturated rings. The van der Waals surface area contributed by atoms with Crippen molar-refractivity contribution in [2.75, 3.05) is 20.3 Å². The summed E-state index contributed by atoms with van der Waals surface area (Å²) in [6.07, 6.45) is -1.91. The smallest absolute Gasteiger partial charge is 0.113 e. The van der Waals surface area contributed by atoms with Gasteiger partial charge >= 0.3 is 0 Å². The van der Waals surface area contributed by atoms with E-state index < -0.39 is 24.4 Å². The van der Waals surface area contributed by atoms with Crippen LogP contribution in [-0.2, 0) is 9.47 Å². The summed E-state index contributed by atoms with van der Waals surface area (Å²) < 4.78 is 10.8. The molecule has 6 atom stereocenters. The highest BCUT2D eigenvalue weighted by Gasteiger charge is 2.43. The molecule has 1 aliphatic rings. The molecular weight excluding hydrogens is 238 g/mol. The Labute approximate surface area is 108 Å². The highest BCUT2D eigenvalue weighted by Crippen LogP contribution is 2.22. The van der Waals surface area contributed by atoms with E-state index in [2.05, 4.69) is 5.32 Å². The van der Waals surface area contributed by atoms with Crippen LogP contribution >= 0.6 is 0 Å². The molecular formula is C12H25NO5. The van der Waals surface area contributed by atoms with Gasteiger partial charge in [0.25, 0.3) is 0 Å². The Kier molecular flexibility index (Phi) is 6.48. The minimum absolute atomic E-state index is 0.190. The number of aliphatic hydroxyl groups is 3. The largest absolute Gasteiger partial charge is 0.394 e. The predicted octanol–water partition coefficient (Wildman–Crippen LogP) is -1.13. The highest BCUT2D eigenvalue weighted by molar-refractivity contribution is 4.95. The van der Waals surface area contributed by atoms with E-state index in [0.717, 1.165) is 0 Å². The fourth-order valence-electron chi connectivity index (χ4n) is 2.28. The SMILES string of the molecule is CCC(O)CNC1C(C)OC(CO)C(OC)C1O. The Balaban J connectivity index is 2.61. The van der Waals surface area contributed by atoms with Gasteiger partial charge in [0.05, 0.1) is 24.9 Å². The van der Waals surface area contributed by atoms with E-state index in [1.165, 1.54) is 7.11 Å². The number of hydrogen-bond donors (Lipinski definition) is 4. The molecule has 6 nitrogen and oxygen atoms in total. The van der Waals surface area contributed by atoms with Crippen LogP contribution in [0.3, 0.4) is 0 Å². The van der Waals surface area contributed by atoms with Crippen molar-refractivity contribution in [1.29, 1.82) is 0 Å². The van der Waals surface area contributed by atoms with Gasteiger partial charge in [-0.3, -0.25) is 0 Å². The van der Waals surface area contributed by atoms with E-state index in [4.69, 9.17) is 9.47 Å². The zero-order valence-corrected chi connectivity index (χ0v) is 11.2. The molecule has 0 aromatic carbocycles. The minimum Gasteiger partial charge on any atom is -0.394 e. The van der Waals surface area contributed by atoms with Gasteiger partial charge in [0.15, 0.2) is 0 Å². The molecule has 1 rings (SSSR count). The number of aliphatic hydroxyl groups excluding tert-OH is 3.